The minimum Gasteiger partial charge on any atom is -0.0874 e. The van der Waals surface area contributed by atoms with Gasteiger partial charge in [-0.05, 0) is 45.3 Å². The van der Waals surface area contributed by atoms with Crippen LogP contribution in [0.5, 0.6) is 0 Å². The Morgan fingerprint density at radius 1 is 0.750 bits per heavy atom. The Morgan fingerprint density at radius 3 is 1.50 bits per heavy atom. The summed E-state index contributed by atoms with van der Waals surface area (Å²) in [5, 5.41) is 0. The van der Waals surface area contributed by atoms with Crippen LogP contribution in [0, 0.1) is 0 Å². The van der Waals surface area contributed by atoms with Gasteiger partial charge in [0.25, 0.3) is 0 Å². The maximum atomic E-state index is 2.22. The molecule has 0 heterocycles. The van der Waals surface area contributed by atoms with E-state index in [2.05, 4.69) is 70.2 Å². The number of hydrogen-bond donors (Lipinski definition) is 0. The lowest BCUT2D eigenvalue weighted by Crippen LogP contribution is -1.82. The van der Waals surface area contributed by atoms with Gasteiger partial charge < -0.3 is 0 Å². The van der Waals surface area contributed by atoms with Crippen molar-refractivity contribution in [3.8, 4) is 0 Å². The summed E-state index contributed by atoms with van der Waals surface area (Å²) in [7, 11) is 0. The summed E-state index contributed by atoms with van der Waals surface area (Å²) in [6.07, 6.45) is 17.5. The van der Waals surface area contributed by atoms with Crippen LogP contribution in [-0.2, 0) is 0 Å². The number of unbranched alkanes of at least 4 members (excludes halogenated alkanes) is 1. The molecule has 0 rings (SSSR count). The second-order valence-electron chi connectivity index (χ2n) is 4.20. The van der Waals surface area contributed by atoms with E-state index in [0.29, 0.717) is 0 Å². The summed E-state index contributed by atoms with van der Waals surface area (Å²) in [5.74, 6) is 0. The van der Waals surface area contributed by atoms with E-state index in [1.807, 2.05) is 48.5 Å². The van der Waals surface area contributed by atoms with Gasteiger partial charge in [0.1, 0.15) is 0 Å². The molecule has 28 heavy (non-hydrogen) atoms. The molecular weight excluding hydrogens is 336 g/mol. The van der Waals surface area contributed by atoms with E-state index < -0.39 is 0 Å². The fourth-order valence-electron chi connectivity index (χ4n) is 1.55. The summed E-state index contributed by atoms with van der Waals surface area (Å²) in [4.78, 5) is 0. The largest absolute Gasteiger partial charge is 0.0874 e. The molecule has 0 radical (unpaired) electrons. The second kappa shape index (κ2) is 56.2. The molecule has 0 unspecified atom stereocenters. The van der Waals surface area contributed by atoms with Crippen LogP contribution < -0.4 is 0 Å². The van der Waals surface area contributed by atoms with E-state index >= 15 is 0 Å². The molecule has 0 aliphatic carbocycles. The minimum absolute atomic E-state index is 0. The maximum Gasteiger partial charge on any atom is -0.0267 e. The highest BCUT2D eigenvalue weighted by Gasteiger charge is 1.94. The van der Waals surface area contributed by atoms with Crippen LogP contribution in [0.25, 0.3) is 0 Å². The van der Waals surface area contributed by atoms with Crippen molar-refractivity contribution in [2.75, 3.05) is 0 Å². The van der Waals surface area contributed by atoms with Crippen molar-refractivity contribution in [2.24, 2.45) is 0 Å². The van der Waals surface area contributed by atoms with Gasteiger partial charge in [0.2, 0.25) is 0 Å². The van der Waals surface area contributed by atoms with E-state index in [0.717, 1.165) is 6.42 Å². The van der Waals surface area contributed by atoms with Gasteiger partial charge in [-0.1, -0.05) is 140 Å². The molecule has 0 bridgehead atoms. The third kappa shape index (κ3) is 44.3. The second-order valence-corrected chi connectivity index (χ2v) is 4.20. The fraction of sp³-hybridized carbons (Fsp3) is 0.643. The fourth-order valence-corrected chi connectivity index (χ4v) is 1.55. The molecule has 0 amide bonds. The SMILES string of the molecule is C.C.C.C.C.C/C=C/C(C)=C\C(=C/C)C(\C)=C\C=C/CCC.CC.CC.CC. The van der Waals surface area contributed by atoms with Crippen LogP contribution in [0.1, 0.15) is 126 Å². The summed E-state index contributed by atoms with van der Waals surface area (Å²) in [5.41, 5.74) is 3.89. The predicted molar refractivity (Wildman–Crippen MR) is 148 cm³/mol. The van der Waals surface area contributed by atoms with Crippen molar-refractivity contribution in [3.05, 3.63) is 59.3 Å². The topological polar surface area (TPSA) is 0 Å². The van der Waals surface area contributed by atoms with E-state index in [9.17, 15) is 0 Å². The Hall–Kier alpha value is -1.30. The Kier molecular flexibility index (Phi) is 113. The molecule has 0 aliphatic rings. The van der Waals surface area contributed by atoms with Crippen molar-refractivity contribution in [1.29, 1.82) is 0 Å². The Bertz CT molecular complexity index is 346. The first kappa shape index (κ1) is 56.3. The van der Waals surface area contributed by atoms with E-state index in [4.69, 9.17) is 0 Å². The molecule has 176 valence electrons. The van der Waals surface area contributed by atoms with E-state index in [-0.39, 0.29) is 37.1 Å². The monoisotopic (exact) mass is 401 g/mol. The zero-order chi connectivity index (χ0) is 19.1. The highest BCUT2D eigenvalue weighted by Crippen LogP contribution is 2.14. The number of allylic oxidation sites excluding steroid dienone is 10. The van der Waals surface area contributed by atoms with Gasteiger partial charge in [0, 0.05) is 0 Å². The minimum atomic E-state index is 0. The standard InChI is InChI=1S/C17H26.3C2H6.5CH4/c1-6-9-10-11-13-16(5)17(8-3)14-15(4)12-7-2;3*1-2;;;;;/h7-8,10-14H,6,9H2,1-5H3;3*1-2H3;5*1H4/b11-10-,12-7+,15-14-,16-13+,17-8+;;;;;;;;. The quantitative estimate of drug-likeness (QED) is 0.389. The molecule has 0 aromatic carbocycles. The van der Waals surface area contributed by atoms with Crippen molar-refractivity contribution >= 4 is 0 Å². The Balaban J connectivity index is -0.0000000426. The number of hydrogen-bond acceptors (Lipinski definition) is 0. The first-order chi connectivity index (χ1) is 11.2. The molecular formula is C28H64. The first-order valence-corrected chi connectivity index (χ1v) is 9.46. The van der Waals surface area contributed by atoms with Gasteiger partial charge in [0.05, 0.1) is 0 Å². The van der Waals surface area contributed by atoms with Crippen LogP contribution >= 0.6 is 0 Å². The van der Waals surface area contributed by atoms with Crippen molar-refractivity contribution in [3.63, 3.8) is 0 Å². The molecule has 0 aromatic rings. The van der Waals surface area contributed by atoms with Crippen LogP contribution in [0.3, 0.4) is 0 Å². The average molecular weight is 401 g/mol. The lowest BCUT2D eigenvalue weighted by molar-refractivity contribution is 0.958. The molecule has 0 heteroatoms. The Labute approximate surface area is 185 Å². The highest BCUT2D eigenvalue weighted by molar-refractivity contribution is 5.43. The molecule has 0 aromatic heterocycles. The molecule has 0 saturated heterocycles. The van der Waals surface area contributed by atoms with Crippen molar-refractivity contribution < 1.29 is 0 Å². The van der Waals surface area contributed by atoms with Crippen LogP contribution in [0.4, 0.5) is 0 Å². The third-order valence-corrected chi connectivity index (χ3v) is 2.52. The molecule has 0 N–H and O–H groups in total. The zero-order valence-corrected chi connectivity index (χ0v) is 18.0. The van der Waals surface area contributed by atoms with Gasteiger partial charge in [-0.15, -0.1) is 0 Å². The summed E-state index contributed by atoms with van der Waals surface area (Å²) in [6.45, 7) is 22.6. The summed E-state index contributed by atoms with van der Waals surface area (Å²) < 4.78 is 0. The molecule has 0 nitrogen and oxygen atoms in total. The lowest BCUT2D eigenvalue weighted by atomic mass is 10.0. The van der Waals surface area contributed by atoms with Gasteiger partial charge in [-0.3, -0.25) is 0 Å². The highest BCUT2D eigenvalue weighted by atomic mass is 14.0. The van der Waals surface area contributed by atoms with Crippen molar-refractivity contribution in [2.45, 2.75) is 126 Å². The van der Waals surface area contributed by atoms with Gasteiger partial charge in [0.15, 0.2) is 0 Å². The summed E-state index contributed by atoms with van der Waals surface area (Å²) >= 11 is 0. The molecule has 0 spiro atoms. The van der Waals surface area contributed by atoms with Gasteiger partial charge in [-0.2, -0.15) is 0 Å². The van der Waals surface area contributed by atoms with Crippen molar-refractivity contribution in [1.82, 2.24) is 0 Å². The third-order valence-electron chi connectivity index (χ3n) is 2.52. The molecule has 0 saturated carbocycles. The van der Waals surface area contributed by atoms with E-state index in [1.165, 1.54) is 23.1 Å². The summed E-state index contributed by atoms with van der Waals surface area (Å²) in [6, 6.07) is 0. The van der Waals surface area contributed by atoms with Gasteiger partial charge in [-0.25, -0.2) is 0 Å². The smallest absolute Gasteiger partial charge is 0.0267 e. The first-order valence-electron chi connectivity index (χ1n) is 9.46. The average Bonchev–Trinajstić information content (AvgIpc) is 2.62. The van der Waals surface area contributed by atoms with Gasteiger partial charge >= 0.3 is 0 Å². The van der Waals surface area contributed by atoms with Crippen LogP contribution in [0.2, 0.25) is 0 Å². The zero-order valence-electron chi connectivity index (χ0n) is 18.0. The maximum absolute atomic E-state index is 2.22. The predicted octanol–water partition coefficient (Wildman–Crippen LogP) is 12.0. The van der Waals surface area contributed by atoms with Crippen LogP contribution in [-0.4, -0.2) is 0 Å². The van der Waals surface area contributed by atoms with E-state index in [1.54, 1.807) is 0 Å². The molecule has 0 fully saturated rings. The molecule has 0 aliphatic heterocycles. The van der Waals surface area contributed by atoms with Crippen LogP contribution in [0.15, 0.2) is 59.3 Å². The number of rotatable bonds is 6. The molecule has 0 atom stereocenters. The Morgan fingerprint density at radius 2 is 1.18 bits per heavy atom. The normalized spacial score (nSPS) is 9.89. The lowest BCUT2D eigenvalue weighted by Gasteiger charge is -2.02.